The van der Waals surface area contributed by atoms with Crippen molar-refractivity contribution >= 4 is 17.3 Å². The number of benzene rings is 1. The number of aromatic nitrogens is 4. The highest BCUT2D eigenvalue weighted by Gasteiger charge is 2.27. The highest BCUT2D eigenvalue weighted by atomic mass is 16.2. The maximum atomic E-state index is 12.5. The fourth-order valence-corrected chi connectivity index (χ4v) is 3.30. The summed E-state index contributed by atoms with van der Waals surface area (Å²) in [5.41, 5.74) is 3.83. The minimum absolute atomic E-state index is 0.0306. The van der Waals surface area contributed by atoms with Crippen LogP contribution in [0.4, 0.5) is 11.4 Å². The molecule has 0 spiro atoms. The van der Waals surface area contributed by atoms with E-state index in [4.69, 9.17) is 0 Å². The van der Waals surface area contributed by atoms with Gasteiger partial charge in [0.05, 0.1) is 11.4 Å². The number of nitrogens with zero attached hydrogens (tertiary/aromatic N) is 4. The molecule has 1 aliphatic rings. The van der Waals surface area contributed by atoms with Gasteiger partial charge in [-0.05, 0) is 37.3 Å². The molecule has 150 valence electrons. The average molecular weight is 390 g/mol. The second-order valence-corrected chi connectivity index (χ2v) is 8.60. The molecular formula is C22H26N6O. The Morgan fingerprint density at radius 2 is 2.00 bits per heavy atom. The monoisotopic (exact) mass is 390 g/mol. The van der Waals surface area contributed by atoms with E-state index < -0.39 is 5.41 Å². The van der Waals surface area contributed by atoms with Gasteiger partial charge in [0.25, 0.3) is 0 Å². The zero-order valence-corrected chi connectivity index (χ0v) is 17.4. The van der Waals surface area contributed by atoms with Gasteiger partial charge in [0.1, 0.15) is 11.5 Å². The van der Waals surface area contributed by atoms with Crippen LogP contribution >= 0.6 is 0 Å². The van der Waals surface area contributed by atoms with Crippen molar-refractivity contribution in [2.24, 2.45) is 5.41 Å². The first kappa shape index (κ1) is 19.1. The zero-order valence-electron chi connectivity index (χ0n) is 17.4. The number of pyridine rings is 1. The van der Waals surface area contributed by atoms with Gasteiger partial charge in [0, 0.05) is 29.3 Å². The Bertz CT molecular complexity index is 1080. The molecule has 0 saturated heterocycles. The number of amides is 1. The molecule has 1 amide bonds. The van der Waals surface area contributed by atoms with Crippen LogP contribution in [0.15, 0.2) is 36.4 Å². The fraction of sp³-hybridized carbons (Fsp3) is 0.364. The Hall–Kier alpha value is -3.22. The second kappa shape index (κ2) is 6.99. The summed E-state index contributed by atoms with van der Waals surface area (Å²) in [5, 5.41) is 15.4. The van der Waals surface area contributed by atoms with Crippen LogP contribution in [-0.4, -0.2) is 32.2 Å². The van der Waals surface area contributed by atoms with Gasteiger partial charge in [-0.2, -0.15) is 0 Å². The van der Waals surface area contributed by atoms with Crippen LogP contribution in [0.5, 0.6) is 0 Å². The van der Waals surface area contributed by atoms with Gasteiger partial charge in [-0.1, -0.05) is 33.8 Å². The van der Waals surface area contributed by atoms with Crippen molar-refractivity contribution in [2.75, 3.05) is 17.2 Å². The molecule has 1 unspecified atom stereocenters. The SMILES string of the molecule is Cc1cccc(-c2nnc3n2-c2cc(NC(=O)C(C)(C)C)ccc2NCC3C)n1. The van der Waals surface area contributed by atoms with Gasteiger partial charge >= 0.3 is 0 Å². The van der Waals surface area contributed by atoms with Crippen molar-refractivity contribution in [1.82, 2.24) is 19.7 Å². The second-order valence-electron chi connectivity index (χ2n) is 8.60. The van der Waals surface area contributed by atoms with Crippen molar-refractivity contribution in [3.8, 4) is 17.2 Å². The molecule has 0 radical (unpaired) electrons. The molecule has 0 bridgehead atoms. The van der Waals surface area contributed by atoms with E-state index in [1.54, 1.807) is 0 Å². The number of fused-ring (bicyclic) bond motifs is 3. The van der Waals surface area contributed by atoms with Crippen LogP contribution in [0.3, 0.4) is 0 Å². The molecule has 4 rings (SSSR count). The molecule has 7 nitrogen and oxygen atoms in total. The van der Waals surface area contributed by atoms with Crippen LogP contribution in [-0.2, 0) is 4.79 Å². The molecule has 1 atom stereocenters. The summed E-state index contributed by atoms with van der Waals surface area (Å²) in [4.78, 5) is 17.1. The van der Waals surface area contributed by atoms with E-state index in [2.05, 4.69) is 37.3 Å². The van der Waals surface area contributed by atoms with E-state index in [1.807, 2.05) is 64.1 Å². The van der Waals surface area contributed by atoms with Gasteiger partial charge < -0.3 is 10.6 Å². The van der Waals surface area contributed by atoms with Crippen LogP contribution in [0.1, 0.15) is 45.1 Å². The number of carbonyl (C=O) groups excluding carboxylic acids is 1. The molecule has 0 fully saturated rings. The summed E-state index contributed by atoms with van der Waals surface area (Å²) in [7, 11) is 0. The summed E-state index contributed by atoms with van der Waals surface area (Å²) in [5.74, 6) is 1.70. The summed E-state index contributed by atoms with van der Waals surface area (Å²) >= 11 is 0. The van der Waals surface area contributed by atoms with E-state index in [1.165, 1.54) is 0 Å². The zero-order chi connectivity index (χ0) is 20.8. The molecule has 29 heavy (non-hydrogen) atoms. The summed E-state index contributed by atoms with van der Waals surface area (Å²) < 4.78 is 2.05. The molecule has 2 aromatic heterocycles. The largest absolute Gasteiger partial charge is 0.383 e. The van der Waals surface area contributed by atoms with E-state index in [0.717, 1.165) is 40.8 Å². The highest BCUT2D eigenvalue weighted by molar-refractivity contribution is 5.95. The van der Waals surface area contributed by atoms with Crippen molar-refractivity contribution < 1.29 is 4.79 Å². The number of hydrogen-bond donors (Lipinski definition) is 2. The highest BCUT2D eigenvalue weighted by Crippen LogP contribution is 2.35. The summed E-state index contributed by atoms with van der Waals surface area (Å²) in [6.07, 6.45) is 0. The van der Waals surface area contributed by atoms with Crippen LogP contribution in [0, 0.1) is 12.3 Å². The number of aryl methyl sites for hydroxylation is 1. The molecule has 3 aromatic rings. The maximum absolute atomic E-state index is 12.5. The lowest BCUT2D eigenvalue weighted by Gasteiger charge is -2.19. The molecule has 0 aliphatic carbocycles. The average Bonchev–Trinajstić information content (AvgIpc) is 3.05. The van der Waals surface area contributed by atoms with Crippen molar-refractivity contribution in [3.63, 3.8) is 0 Å². The van der Waals surface area contributed by atoms with Gasteiger partial charge in [0.2, 0.25) is 5.91 Å². The Morgan fingerprint density at radius 1 is 1.21 bits per heavy atom. The molecule has 2 N–H and O–H groups in total. The Balaban J connectivity index is 1.86. The number of anilines is 2. The van der Waals surface area contributed by atoms with E-state index in [-0.39, 0.29) is 11.8 Å². The Morgan fingerprint density at radius 3 is 2.72 bits per heavy atom. The standard InChI is InChI=1S/C22H26N6O/c1-13-12-23-16-10-9-15(25-21(29)22(3,4)5)11-18(16)28-19(13)26-27-20(28)17-8-6-7-14(2)24-17/h6-11,13,23H,12H2,1-5H3,(H,25,29). The van der Waals surface area contributed by atoms with E-state index in [9.17, 15) is 4.79 Å². The van der Waals surface area contributed by atoms with Crippen molar-refractivity contribution in [2.45, 2.75) is 40.5 Å². The number of nitrogens with one attached hydrogen (secondary N) is 2. The van der Waals surface area contributed by atoms with E-state index >= 15 is 0 Å². The first-order chi connectivity index (χ1) is 13.7. The van der Waals surface area contributed by atoms with Gasteiger partial charge in [-0.3, -0.25) is 9.36 Å². The fourth-order valence-electron chi connectivity index (χ4n) is 3.30. The minimum Gasteiger partial charge on any atom is -0.383 e. The lowest BCUT2D eigenvalue weighted by atomic mass is 9.95. The number of hydrogen-bond acceptors (Lipinski definition) is 5. The van der Waals surface area contributed by atoms with E-state index in [0.29, 0.717) is 5.82 Å². The lowest BCUT2D eigenvalue weighted by Crippen LogP contribution is -2.27. The Kier molecular flexibility index (Phi) is 4.61. The third-order valence-electron chi connectivity index (χ3n) is 5.02. The van der Waals surface area contributed by atoms with Crippen LogP contribution < -0.4 is 10.6 Å². The van der Waals surface area contributed by atoms with Gasteiger partial charge in [-0.15, -0.1) is 10.2 Å². The molecule has 1 aromatic carbocycles. The number of carbonyl (C=O) groups is 1. The quantitative estimate of drug-likeness (QED) is 0.687. The minimum atomic E-state index is -0.474. The first-order valence-electron chi connectivity index (χ1n) is 9.83. The summed E-state index contributed by atoms with van der Waals surface area (Å²) in [6, 6.07) is 11.7. The van der Waals surface area contributed by atoms with Crippen LogP contribution in [0.25, 0.3) is 17.2 Å². The molecule has 0 saturated carbocycles. The molecular weight excluding hydrogens is 364 g/mol. The normalized spacial score (nSPS) is 15.7. The van der Waals surface area contributed by atoms with Gasteiger partial charge in [0.15, 0.2) is 5.82 Å². The Labute approximate surface area is 170 Å². The predicted octanol–water partition coefficient (Wildman–Crippen LogP) is 4.15. The molecule has 3 heterocycles. The van der Waals surface area contributed by atoms with Crippen LogP contribution in [0.2, 0.25) is 0 Å². The topological polar surface area (TPSA) is 84.7 Å². The predicted molar refractivity (Wildman–Crippen MR) is 114 cm³/mol. The molecule has 1 aliphatic heterocycles. The van der Waals surface area contributed by atoms with Crippen molar-refractivity contribution in [1.29, 1.82) is 0 Å². The van der Waals surface area contributed by atoms with Crippen molar-refractivity contribution in [3.05, 3.63) is 47.9 Å². The summed E-state index contributed by atoms with van der Waals surface area (Å²) in [6.45, 7) is 10.5. The molecule has 7 heteroatoms. The first-order valence-corrected chi connectivity index (χ1v) is 9.83. The third-order valence-corrected chi connectivity index (χ3v) is 5.02. The van der Waals surface area contributed by atoms with Gasteiger partial charge in [-0.25, -0.2) is 4.98 Å². The maximum Gasteiger partial charge on any atom is 0.229 e. The number of rotatable bonds is 2. The third kappa shape index (κ3) is 3.60. The lowest BCUT2D eigenvalue weighted by molar-refractivity contribution is -0.123. The smallest absolute Gasteiger partial charge is 0.229 e.